The van der Waals surface area contributed by atoms with Crippen molar-refractivity contribution in [2.75, 3.05) is 31.1 Å². The first-order valence-corrected chi connectivity index (χ1v) is 13.2. The maximum atomic E-state index is 13.8. The number of hydrogen-bond acceptors (Lipinski definition) is 5. The number of rotatable bonds is 5. The minimum atomic E-state index is -0.121. The Hall–Kier alpha value is -3.29. The number of aryl methyl sites for hydroxylation is 1. The van der Waals surface area contributed by atoms with Crippen molar-refractivity contribution in [2.24, 2.45) is 0 Å². The second kappa shape index (κ2) is 12.8. The lowest BCUT2D eigenvalue weighted by Gasteiger charge is -2.28. The zero-order valence-corrected chi connectivity index (χ0v) is 22.3. The molecule has 3 aromatic rings. The molecule has 37 heavy (non-hydrogen) atoms. The second-order valence-electron chi connectivity index (χ2n) is 9.43. The van der Waals surface area contributed by atoms with Gasteiger partial charge in [0.05, 0.1) is 16.9 Å². The second-order valence-corrected chi connectivity index (χ2v) is 9.87. The summed E-state index contributed by atoms with van der Waals surface area (Å²) in [6.45, 7) is 7.60. The number of halogens is 1. The molecule has 0 saturated carbocycles. The minimum Gasteiger partial charge on any atom is -0.333 e. The van der Waals surface area contributed by atoms with Crippen LogP contribution in [-0.4, -0.2) is 57.8 Å². The third kappa shape index (κ3) is 6.93. The highest BCUT2D eigenvalue weighted by molar-refractivity contribution is 6.31. The molecule has 0 spiro atoms. The Morgan fingerprint density at radius 2 is 1.84 bits per heavy atom. The van der Waals surface area contributed by atoms with Crippen LogP contribution in [-0.2, 0) is 17.9 Å². The normalized spacial score (nSPS) is 15.1. The Kier molecular flexibility index (Phi) is 9.25. The van der Waals surface area contributed by atoms with Crippen molar-refractivity contribution >= 4 is 29.1 Å². The molecule has 0 radical (unpaired) electrons. The fourth-order valence-electron chi connectivity index (χ4n) is 4.71. The first-order valence-electron chi connectivity index (χ1n) is 12.9. The van der Waals surface area contributed by atoms with Crippen LogP contribution in [0.4, 0.5) is 5.69 Å². The van der Waals surface area contributed by atoms with Gasteiger partial charge in [-0.2, -0.15) is 0 Å². The molecule has 8 heteroatoms. The van der Waals surface area contributed by atoms with E-state index in [1.54, 1.807) is 6.20 Å². The highest BCUT2D eigenvalue weighted by Gasteiger charge is 2.25. The molecular weight excluding hydrogens is 486 g/mol. The number of benzene rings is 2. The number of fused-ring (bicyclic) bond motifs is 1. The highest BCUT2D eigenvalue weighted by atomic mass is 35.5. The molecule has 0 bridgehead atoms. The molecule has 1 aromatic heterocycles. The van der Waals surface area contributed by atoms with Gasteiger partial charge in [0.25, 0.3) is 5.91 Å². The Balaban J connectivity index is 1.71. The molecule has 0 unspecified atom stereocenters. The van der Waals surface area contributed by atoms with Crippen molar-refractivity contribution in [3.63, 3.8) is 0 Å². The predicted molar refractivity (Wildman–Crippen MR) is 147 cm³/mol. The molecule has 1 aliphatic rings. The lowest BCUT2D eigenvalue weighted by molar-refractivity contribution is -0.118. The molecule has 0 saturated heterocycles. The highest BCUT2D eigenvalue weighted by Crippen LogP contribution is 2.29. The van der Waals surface area contributed by atoms with Crippen LogP contribution in [0.1, 0.15) is 53.4 Å². The van der Waals surface area contributed by atoms with Crippen LogP contribution in [0.15, 0.2) is 61.1 Å². The van der Waals surface area contributed by atoms with Gasteiger partial charge in [-0.25, -0.2) is 9.97 Å². The Morgan fingerprint density at radius 3 is 2.59 bits per heavy atom. The lowest BCUT2D eigenvalue weighted by atomic mass is 10.1. The van der Waals surface area contributed by atoms with Gasteiger partial charge in [-0.1, -0.05) is 54.9 Å². The Bertz CT molecular complexity index is 1220. The quantitative estimate of drug-likeness (QED) is 0.468. The number of amides is 2. The van der Waals surface area contributed by atoms with Gasteiger partial charge in [0, 0.05) is 56.9 Å². The predicted octanol–water partition coefficient (Wildman–Crippen LogP) is 5.12. The Labute approximate surface area is 224 Å². The summed E-state index contributed by atoms with van der Waals surface area (Å²) in [7, 11) is 0. The first kappa shape index (κ1) is 26.8. The van der Waals surface area contributed by atoms with Crippen LogP contribution in [0, 0.1) is 6.92 Å². The molecule has 2 aromatic carbocycles. The van der Waals surface area contributed by atoms with Crippen LogP contribution >= 0.6 is 11.6 Å². The van der Waals surface area contributed by atoms with E-state index in [-0.39, 0.29) is 11.8 Å². The Morgan fingerprint density at radius 1 is 1.03 bits per heavy atom. The van der Waals surface area contributed by atoms with Crippen molar-refractivity contribution in [3.8, 4) is 0 Å². The van der Waals surface area contributed by atoms with Crippen molar-refractivity contribution in [3.05, 3.63) is 88.5 Å². The number of nitrogens with zero attached hydrogens (tertiary/aromatic N) is 5. The van der Waals surface area contributed by atoms with Crippen LogP contribution in [0.2, 0.25) is 5.02 Å². The molecule has 1 aliphatic heterocycles. The molecular formula is C29H34ClN5O2. The van der Waals surface area contributed by atoms with Crippen molar-refractivity contribution < 1.29 is 9.59 Å². The number of aromatic nitrogens is 2. The van der Waals surface area contributed by atoms with E-state index in [0.29, 0.717) is 48.9 Å². The van der Waals surface area contributed by atoms with Gasteiger partial charge < -0.3 is 9.80 Å². The zero-order valence-electron chi connectivity index (χ0n) is 21.6. The molecule has 7 nitrogen and oxygen atoms in total. The molecule has 2 amide bonds. The van der Waals surface area contributed by atoms with Gasteiger partial charge in [0.15, 0.2) is 0 Å². The lowest BCUT2D eigenvalue weighted by Crippen LogP contribution is -2.39. The maximum absolute atomic E-state index is 13.8. The van der Waals surface area contributed by atoms with Crippen LogP contribution in [0.25, 0.3) is 0 Å². The average Bonchev–Trinajstić information content (AvgIpc) is 2.93. The summed E-state index contributed by atoms with van der Waals surface area (Å²) < 4.78 is 0. The van der Waals surface area contributed by atoms with E-state index in [1.807, 2.05) is 60.0 Å². The van der Waals surface area contributed by atoms with E-state index in [0.717, 1.165) is 37.2 Å². The van der Waals surface area contributed by atoms with Gasteiger partial charge in [-0.3, -0.25) is 14.5 Å². The van der Waals surface area contributed by atoms with Gasteiger partial charge >= 0.3 is 0 Å². The van der Waals surface area contributed by atoms with E-state index >= 15 is 0 Å². The number of carbonyl (C=O) groups excluding carboxylic acids is 2. The van der Waals surface area contributed by atoms with E-state index in [2.05, 4.69) is 27.0 Å². The van der Waals surface area contributed by atoms with E-state index in [1.165, 1.54) is 11.9 Å². The number of hydrogen-bond donors (Lipinski definition) is 0. The SMILES string of the molecule is CCCC(=O)N1CCCN(Cc2ccccc2)CCN(C(=O)c2cncnc2C)Cc2ccc(Cl)cc21. The molecule has 0 fully saturated rings. The number of anilines is 1. The van der Waals surface area contributed by atoms with Gasteiger partial charge in [0.1, 0.15) is 6.33 Å². The van der Waals surface area contributed by atoms with Gasteiger partial charge in [0.2, 0.25) is 5.91 Å². The summed E-state index contributed by atoms with van der Waals surface area (Å²) >= 11 is 6.41. The van der Waals surface area contributed by atoms with E-state index < -0.39 is 0 Å². The zero-order chi connectivity index (χ0) is 26.2. The third-order valence-corrected chi connectivity index (χ3v) is 6.92. The maximum Gasteiger partial charge on any atom is 0.257 e. The molecule has 0 atom stereocenters. The monoisotopic (exact) mass is 519 g/mol. The molecule has 4 rings (SSSR count). The summed E-state index contributed by atoms with van der Waals surface area (Å²) in [5.74, 6) is -0.0469. The fourth-order valence-corrected chi connectivity index (χ4v) is 4.87. The van der Waals surface area contributed by atoms with Crippen molar-refractivity contribution in [2.45, 2.75) is 46.2 Å². The first-order chi connectivity index (χ1) is 18.0. The summed E-state index contributed by atoms with van der Waals surface area (Å²) in [4.78, 5) is 41.4. The molecule has 0 aliphatic carbocycles. The van der Waals surface area contributed by atoms with E-state index in [4.69, 9.17) is 11.6 Å². The topological polar surface area (TPSA) is 69.6 Å². The smallest absolute Gasteiger partial charge is 0.257 e. The summed E-state index contributed by atoms with van der Waals surface area (Å²) in [5.41, 5.74) is 4.03. The van der Waals surface area contributed by atoms with E-state index in [9.17, 15) is 9.59 Å². The molecule has 0 N–H and O–H groups in total. The number of carbonyl (C=O) groups is 2. The van der Waals surface area contributed by atoms with Gasteiger partial charge in [-0.15, -0.1) is 0 Å². The third-order valence-electron chi connectivity index (χ3n) is 6.68. The molecule has 194 valence electrons. The standard InChI is InChI=1S/C29H34ClN5O2/c1-3-8-28(36)35-14-7-13-33(19-23-9-5-4-6-10-23)15-16-34(20-24-11-12-25(30)17-27(24)35)29(37)26-18-31-21-32-22(26)2/h4-6,9-12,17-18,21H,3,7-8,13-16,19-20H2,1-2H3. The summed E-state index contributed by atoms with van der Waals surface area (Å²) in [6, 6.07) is 15.9. The largest absolute Gasteiger partial charge is 0.333 e. The van der Waals surface area contributed by atoms with Crippen molar-refractivity contribution in [1.29, 1.82) is 0 Å². The average molecular weight is 520 g/mol. The van der Waals surface area contributed by atoms with Crippen LogP contribution in [0.3, 0.4) is 0 Å². The summed E-state index contributed by atoms with van der Waals surface area (Å²) in [6.07, 6.45) is 5.08. The summed E-state index contributed by atoms with van der Waals surface area (Å²) in [5, 5.41) is 0.568. The minimum absolute atomic E-state index is 0.0741. The molecule has 2 heterocycles. The van der Waals surface area contributed by atoms with Crippen LogP contribution < -0.4 is 4.90 Å². The fraction of sp³-hybridized carbons (Fsp3) is 0.379. The van der Waals surface area contributed by atoms with Crippen molar-refractivity contribution in [1.82, 2.24) is 19.8 Å². The van der Waals surface area contributed by atoms with Gasteiger partial charge in [-0.05, 0) is 43.0 Å². The van der Waals surface area contributed by atoms with Crippen LogP contribution in [0.5, 0.6) is 0 Å².